The number of unbranched alkanes of at least 4 members (excludes halogenated alkanes) is 2. The zero-order valence-electron chi connectivity index (χ0n) is 9.19. The van der Waals surface area contributed by atoms with E-state index in [-0.39, 0.29) is 12.5 Å². The molecule has 1 aliphatic heterocycles. The summed E-state index contributed by atoms with van der Waals surface area (Å²) in [6.45, 7) is 3.15. The van der Waals surface area contributed by atoms with Crippen LogP contribution in [0.25, 0.3) is 0 Å². The fourth-order valence-electron chi connectivity index (χ4n) is 2.03. The molecule has 4 heteroatoms. The van der Waals surface area contributed by atoms with Gasteiger partial charge in [0.25, 0.3) is 0 Å². The van der Waals surface area contributed by atoms with Gasteiger partial charge in [-0.05, 0) is 51.7 Å². The van der Waals surface area contributed by atoms with Crippen LogP contribution in [0.5, 0.6) is 0 Å². The van der Waals surface area contributed by atoms with E-state index >= 15 is 0 Å². The lowest BCUT2D eigenvalue weighted by Gasteiger charge is -2.29. The van der Waals surface area contributed by atoms with Gasteiger partial charge in [-0.2, -0.15) is 0 Å². The van der Waals surface area contributed by atoms with Crippen molar-refractivity contribution in [3.8, 4) is 0 Å². The van der Waals surface area contributed by atoms with E-state index in [2.05, 4.69) is 4.90 Å². The SMILES string of the molecule is O=C(O)C1CCN(CCCCCO)CC1. The van der Waals surface area contributed by atoms with E-state index in [1.807, 2.05) is 0 Å². The molecule has 88 valence electrons. The van der Waals surface area contributed by atoms with Crippen LogP contribution in [0.15, 0.2) is 0 Å². The molecule has 0 radical (unpaired) electrons. The van der Waals surface area contributed by atoms with E-state index in [1.165, 1.54) is 0 Å². The van der Waals surface area contributed by atoms with Crippen LogP contribution in [0, 0.1) is 5.92 Å². The maximum absolute atomic E-state index is 10.7. The third kappa shape index (κ3) is 4.62. The van der Waals surface area contributed by atoms with E-state index in [0.717, 1.165) is 51.7 Å². The van der Waals surface area contributed by atoms with E-state index in [9.17, 15) is 4.79 Å². The molecule has 0 aromatic heterocycles. The zero-order chi connectivity index (χ0) is 11.1. The lowest BCUT2D eigenvalue weighted by Crippen LogP contribution is -2.36. The summed E-state index contributed by atoms with van der Waals surface area (Å²) in [6, 6.07) is 0. The summed E-state index contributed by atoms with van der Waals surface area (Å²) in [5.41, 5.74) is 0. The molecular weight excluding hydrogens is 194 g/mol. The van der Waals surface area contributed by atoms with Gasteiger partial charge in [0.2, 0.25) is 0 Å². The number of hydrogen-bond donors (Lipinski definition) is 2. The van der Waals surface area contributed by atoms with Gasteiger partial charge in [-0.1, -0.05) is 0 Å². The van der Waals surface area contributed by atoms with Crippen molar-refractivity contribution in [1.29, 1.82) is 0 Å². The predicted molar refractivity (Wildman–Crippen MR) is 57.7 cm³/mol. The Hall–Kier alpha value is -0.610. The van der Waals surface area contributed by atoms with E-state index in [1.54, 1.807) is 0 Å². The number of rotatable bonds is 6. The summed E-state index contributed by atoms with van der Waals surface area (Å²) >= 11 is 0. The van der Waals surface area contributed by atoms with Crippen molar-refractivity contribution in [2.24, 2.45) is 5.92 Å². The molecule has 0 saturated carbocycles. The third-order valence-corrected chi connectivity index (χ3v) is 3.07. The van der Waals surface area contributed by atoms with Crippen LogP contribution in [-0.2, 0) is 4.79 Å². The maximum atomic E-state index is 10.7. The van der Waals surface area contributed by atoms with Crippen molar-refractivity contribution in [3.63, 3.8) is 0 Å². The highest BCUT2D eigenvalue weighted by Gasteiger charge is 2.23. The third-order valence-electron chi connectivity index (χ3n) is 3.07. The highest BCUT2D eigenvalue weighted by molar-refractivity contribution is 5.70. The second kappa shape index (κ2) is 6.80. The minimum atomic E-state index is -0.644. The van der Waals surface area contributed by atoms with Crippen molar-refractivity contribution in [2.45, 2.75) is 32.1 Å². The number of hydrogen-bond acceptors (Lipinski definition) is 3. The Kier molecular flexibility index (Phi) is 5.65. The quantitative estimate of drug-likeness (QED) is 0.647. The van der Waals surface area contributed by atoms with Crippen LogP contribution < -0.4 is 0 Å². The smallest absolute Gasteiger partial charge is 0.306 e. The molecule has 0 bridgehead atoms. The van der Waals surface area contributed by atoms with Crippen molar-refractivity contribution in [2.75, 3.05) is 26.2 Å². The first-order chi connectivity index (χ1) is 7.24. The van der Waals surface area contributed by atoms with E-state index < -0.39 is 5.97 Å². The topological polar surface area (TPSA) is 60.8 Å². The number of aliphatic carboxylic acids is 1. The van der Waals surface area contributed by atoms with E-state index in [4.69, 9.17) is 10.2 Å². The lowest BCUT2D eigenvalue weighted by atomic mass is 9.97. The van der Waals surface area contributed by atoms with Gasteiger partial charge in [0.05, 0.1) is 5.92 Å². The molecule has 2 N–H and O–H groups in total. The fraction of sp³-hybridized carbons (Fsp3) is 0.909. The van der Waals surface area contributed by atoms with Gasteiger partial charge in [0, 0.05) is 6.61 Å². The fourth-order valence-corrected chi connectivity index (χ4v) is 2.03. The van der Waals surface area contributed by atoms with Crippen LogP contribution in [-0.4, -0.2) is 47.3 Å². The molecule has 0 spiro atoms. The molecule has 1 rings (SSSR count). The Morgan fingerprint density at radius 2 is 1.87 bits per heavy atom. The van der Waals surface area contributed by atoms with Crippen molar-refractivity contribution in [1.82, 2.24) is 4.90 Å². The van der Waals surface area contributed by atoms with Crippen LogP contribution >= 0.6 is 0 Å². The molecule has 0 amide bonds. The summed E-state index contributed by atoms with van der Waals surface area (Å²) < 4.78 is 0. The Morgan fingerprint density at radius 3 is 2.40 bits per heavy atom. The monoisotopic (exact) mass is 215 g/mol. The number of piperidine rings is 1. The Labute approximate surface area is 90.9 Å². The number of likely N-dealkylation sites (tertiary alicyclic amines) is 1. The molecule has 4 nitrogen and oxygen atoms in total. The maximum Gasteiger partial charge on any atom is 0.306 e. The normalized spacial score (nSPS) is 19.3. The summed E-state index contributed by atoms with van der Waals surface area (Å²) in [5, 5.41) is 17.4. The van der Waals surface area contributed by atoms with Crippen molar-refractivity contribution < 1.29 is 15.0 Å². The highest BCUT2D eigenvalue weighted by atomic mass is 16.4. The van der Waals surface area contributed by atoms with E-state index in [0.29, 0.717) is 0 Å². The zero-order valence-corrected chi connectivity index (χ0v) is 9.19. The van der Waals surface area contributed by atoms with Gasteiger partial charge >= 0.3 is 5.97 Å². The first-order valence-corrected chi connectivity index (χ1v) is 5.80. The number of aliphatic hydroxyl groups excluding tert-OH is 1. The lowest BCUT2D eigenvalue weighted by molar-refractivity contribution is -0.143. The van der Waals surface area contributed by atoms with Crippen LogP contribution in [0.2, 0.25) is 0 Å². The average molecular weight is 215 g/mol. The molecule has 1 saturated heterocycles. The average Bonchev–Trinajstić information content (AvgIpc) is 2.25. The minimum Gasteiger partial charge on any atom is -0.481 e. The highest BCUT2D eigenvalue weighted by Crippen LogP contribution is 2.17. The number of carboxylic acids is 1. The first kappa shape index (κ1) is 12.5. The van der Waals surface area contributed by atoms with Gasteiger partial charge in [-0.25, -0.2) is 0 Å². The molecule has 0 aromatic carbocycles. The Balaban J connectivity index is 2.07. The molecule has 1 aliphatic rings. The first-order valence-electron chi connectivity index (χ1n) is 5.80. The van der Waals surface area contributed by atoms with Gasteiger partial charge in [-0.3, -0.25) is 4.79 Å². The molecule has 0 aromatic rings. The number of nitrogens with zero attached hydrogens (tertiary/aromatic N) is 1. The molecule has 1 heterocycles. The van der Waals surface area contributed by atoms with Gasteiger partial charge in [0.15, 0.2) is 0 Å². The summed E-state index contributed by atoms with van der Waals surface area (Å²) in [5.74, 6) is -0.770. The second-order valence-electron chi connectivity index (χ2n) is 4.24. The van der Waals surface area contributed by atoms with Crippen LogP contribution in [0.1, 0.15) is 32.1 Å². The molecule has 15 heavy (non-hydrogen) atoms. The Morgan fingerprint density at radius 1 is 1.20 bits per heavy atom. The Bertz CT molecular complexity index is 188. The van der Waals surface area contributed by atoms with Crippen LogP contribution in [0.3, 0.4) is 0 Å². The molecular formula is C11H21NO3. The molecule has 0 unspecified atom stereocenters. The number of carbonyl (C=O) groups is 1. The van der Waals surface area contributed by atoms with Crippen molar-refractivity contribution in [3.05, 3.63) is 0 Å². The summed E-state index contributed by atoms with van der Waals surface area (Å²) in [7, 11) is 0. The second-order valence-corrected chi connectivity index (χ2v) is 4.24. The van der Waals surface area contributed by atoms with Crippen LogP contribution in [0.4, 0.5) is 0 Å². The minimum absolute atomic E-state index is 0.126. The molecule has 0 aliphatic carbocycles. The summed E-state index contributed by atoms with van der Waals surface area (Å²) in [4.78, 5) is 13.0. The van der Waals surface area contributed by atoms with Crippen molar-refractivity contribution >= 4 is 5.97 Å². The number of aliphatic hydroxyl groups is 1. The largest absolute Gasteiger partial charge is 0.481 e. The molecule has 1 fully saturated rings. The number of carboxylic acid groups (broad SMARTS) is 1. The summed E-state index contributed by atoms with van der Waals surface area (Å²) in [6.07, 6.45) is 4.63. The molecule has 0 atom stereocenters. The predicted octanol–water partition coefficient (Wildman–Crippen LogP) is 0.946. The van der Waals surface area contributed by atoms with Gasteiger partial charge in [-0.15, -0.1) is 0 Å². The standard InChI is InChI=1S/C11H21NO3/c13-9-3-1-2-6-12-7-4-10(5-8-12)11(14)15/h10,13H,1-9H2,(H,14,15). The van der Waals surface area contributed by atoms with Gasteiger partial charge < -0.3 is 15.1 Å². The van der Waals surface area contributed by atoms with Gasteiger partial charge in [0.1, 0.15) is 0 Å².